The molecule has 0 spiro atoms. The monoisotopic (exact) mass is 442 g/mol. The Morgan fingerprint density at radius 3 is 1.52 bits per heavy atom. The SMILES string of the molecule is CCCCCCCCCCCCOP(=O)(OC(=O)C(O)CO)OC(=O)C(O)CO. The topological polar surface area (TPSA) is 160 Å². The predicted molar refractivity (Wildman–Crippen MR) is 104 cm³/mol. The lowest BCUT2D eigenvalue weighted by Gasteiger charge is -2.19. The molecule has 0 heterocycles. The molecule has 0 aliphatic carbocycles. The number of aliphatic hydroxyl groups is 4. The number of aliphatic hydroxyl groups excluding tert-OH is 4. The maximum Gasteiger partial charge on any atom is 0.592 e. The fourth-order valence-corrected chi connectivity index (χ4v) is 3.51. The molecule has 0 aliphatic rings. The van der Waals surface area contributed by atoms with Crippen LogP contribution in [0.15, 0.2) is 0 Å². The molecular weight excluding hydrogens is 407 g/mol. The summed E-state index contributed by atoms with van der Waals surface area (Å²) in [4.78, 5) is 23.0. The molecule has 0 fully saturated rings. The van der Waals surface area contributed by atoms with Gasteiger partial charge in [-0.2, -0.15) is 0 Å². The van der Waals surface area contributed by atoms with Crippen molar-refractivity contribution in [3.8, 4) is 0 Å². The second-order valence-electron chi connectivity index (χ2n) is 6.68. The minimum Gasteiger partial charge on any atom is -0.393 e. The first-order chi connectivity index (χ1) is 13.8. The van der Waals surface area contributed by atoms with Crippen molar-refractivity contribution in [2.75, 3.05) is 19.8 Å². The molecule has 0 saturated carbocycles. The smallest absolute Gasteiger partial charge is 0.393 e. The average Bonchev–Trinajstić information content (AvgIpc) is 2.70. The van der Waals surface area contributed by atoms with E-state index in [1.807, 2.05) is 0 Å². The Kier molecular flexibility index (Phi) is 16.1. The van der Waals surface area contributed by atoms with E-state index < -0.39 is 45.2 Å². The largest absolute Gasteiger partial charge is 0.592 e. The van der Waals surface area contributed by atoms with Crippen LogP contribution in [0.5, 0.6) is 0 Å². The molecule has 0 saturated heterocycles. The third-order valence-corrected chi connectivity index (χ3v) is 5.35. The Morgan fingerprint density at radius 2 is 1.14 bits per heavy atom. The Labute approximate surface area is 171 Å². The van der Waals surface area contributed by atoms with E-state index in [4.69, 9.17) is 14.7 Å². The highest BCUT2D eigenvalue weighted by Gasteiger charge is 2.38. The molecule has 2 unspecified atom stereocenters. The Hall–Kier alpha value is -1.03. The summed E-state index contributed by atoms with van der Waals surface area (Å²) in [7, 11) is -4.78. The van der Waals surface area contributed by atoms with Crippen molar-refractivity contribution in [1.82, 2.24) is 0 Å². The van der Waals surface area contributed by atoms with E-state index in [-0.39, 0.29) is 6.61 Å². The minimum absolute atomic E-state index is 0.154. The summed E-state index contributed by atoms with van der Waals surface area (Å²) >= 11 is 0. The van der Waals surface area contributed by atoms with Crippen LogP contribution in [0.3, 0.4) is 0 Å². The second-order valence-corrected chi connectivity index (χ2v) is 8.20. The van der Waals surface area contributed by atoms with Gasteiger partial charge in [-0.05, 0) is 6.42 Å². The van der Waals surface area contributed by atoms with Crippen molar-refractivity contribution >= 4 is 19.8 Å². The second kappa shape index (κ2) is 16.7. The van der Waals surface area contributed by atoms with Crippen LogP contribution in [0.25, 0.3) is 0 Å². The quantitative estimate of drug-likeness (QED) is 0.182. The van der Waals surface area contributed by atoms with Crippen molar-refractivity contribution in [2.45, 2.75) is 83.3 Å². The van der Waals surface area contributed by atoms with Gasteiger partial charge in [0.25, 0.3) is 0 Å². The van der Waals surface area contributed by atoms with E-state index in [1.165, 1.54) is 32.1 Å². The summed E-state index contributed by atoms with van der Waals surface area (Å²) in [5, 5.41) is 35.9. The van der Waals surface area contributed by atoms with Crippen molar-refractivity contribution in [3.05, 3.63) is 0 Å². The number of hydrogen-bond acceptors (Lipinski definition) is 10. The third-order valence-electron chi connectivity index (χ3n) is 4.04. The van der Waals surface area contributed by atoms with Crippen LogP contribution in [0, 0.1) is 0 Å². The van der Waals surface area contributed by atoms with Gasteiger partial charge in [-0.1, -0.05) is 64.7 Å². The highest BCUT2D eigenvalue weighted by Crippen LogP contribution is 2.50. The van der Waals surface area contributed by atoms with Crippen molar-refractivity contribution < 1.29 is 48.2 Å². The summed E-state index contributed by atoms with van der Waals surface area (Å²) in [6.45, 7) is 0.0279. The number of unbranched alkanes of at least 4 members (excludes halogenated alkanes) is 9. The molecule has 4 N–H and O–H groups in total. The maximum absolute atomic E-state index is 12.4. The summed E-state index contributed by atoms with van der Waals surface area (Å²) in [6.07, 6.45) is 6.51. The normalized spacial score (nSPS) is 15.3. The summed E-state index contributed by atoms with van der Waals surface area (Å²) in [5.74, 6) is -3.02. The van der Waals surface area contributed by atoms with Gasteiger partial charge in [0.2, 0.25) is 0 Å². The van der Waals surface area contributed by atoms with Gasteiger partial charge in [-0.15, -0.1) is 0 Å². The Morgan fingerprint density at radius 1 is 0.759 bits per heavy atom. The molecule has 0 aliphatic heterocycles. The molecule has 0 aromatic rings. The van der Waals surface area contributed by atoms with Gasteiger partial charge < -0.3 is 29.5 Å². The molecular formula is C18H35O10P. The molecule has 0 radical (unpaired) electrons. The first-order valence-electron chi connectivity index (χ1n) is 10.1. The number of carbonyl (C=O) groups excluding carboxylic acids is 2. The van der Waals surface area contributed by atoms with Crippen LogP contribution in [0.2, 0.25) is 0 Å². The Balaban J connectivity index is 4.32. The lowest BCUT2D eigenvalue weighted by molar-refractivity contribution is -0.152. The molecule has 0 aromatic heterocycles. The lowest BCUT2D eigenvalue weighted by Crippen LogP contribution is -2.29. The summed E-state index contributed by atoms with van der Waals surface area (Å²) in [6, 6.07) is 0. The van der Waals surface area contributed by atoms with E-state index in [1.54, 1.807) is 0 Å². The molecule has 172 valence electrons. The molecule has 29 heavy (non-hydrogen) atoms. The van der Waals surface area contributed by atoms with E-state index in [0.29, 0.717) is 6.42 Å². The summed E-state index contributed by atoms with van der Waals surface area (Å²) < 4.78 is 26.2. The van der Waals surface area contributed by atoms with Crippen LogP contribution in [0.1, 0.15) is 71.1 Å². The zero-order chi connectivity index (χ0) is 22.1. The maximum atomic E-state index is 12.4. The number of hydrogen-bond donors (Lipinski definition) is 4. The van der Waals surface area contributed by atoms with Crippen LogP contribution < -0.4 is 0 Å². The first-order valence-corrected chi connectivity index (χ1v) is 11.5. The molecule has 0 aromatic carbocycles. The average molecular weight is 442 g/mol. The summed E-state index contributed by atoms with van der Waals surface area (Å²) in [5.41, 5.74) is 0. The zero-order valence-corrected chi connectivity index (χ0v) is 17.9. The van der Waals surface area contributed by atoms with Gasteiger partial charge in [0, 0.05) is 0 Å². The highest BCUT2D eigenvalue weighted by molar-refractivity contribution is 7.49. The molecule has 2 atom stereocenters. The van der Waals surface area contributed by atoms with E-state index in [0.717, 1.165) is 25.7 Å². The van der Waals surface area contributed by atoms with Gasteiger partial charge in [0.1, 0.15) is 0 Å². The highest BCUT2D eigenvalue weighted by atomic mass is 31.2. The fourth-order valence-electron chi connectivity index (χ4n) is 2.33. The van der Waals surface area contributed by atoms with Gasteiger partial charge in [-0.3, -0.25) is 4.52 Å². The first kappa shape index (κ1) is 28.0. The molecule has 10 nitrogen and oxygen atoms in total. The predicted octanol–water partition coefficient (Wildman–Crippen LogP) is 1.82. The van der Waals surface area contributed by atoms with Crippen LogP contribution in [-0.4, -0.2) is 64.4 Å². The molecule has 0 amide bonds. The molecule has 0 bridgehead atoms. The van der Waals surface area contributed by atoms with Gasteiger partial charge in [-0.25, -0.2) is 14.2 Å². The fraction of sp³-hybridized carbons (Fsp3) is 0.889. The number of phosphoric ester groups is 1. The van der Waals surface area contributed by atoms with Crippen molar-refractivity contribution in [3.63, 3.8) is 0 Å². The third kappa shape index (κ3) is 13.8. The van der Waals surface area contributed by atoms with Gasteiger partial charge >= 0.3 is 19.8 Å². The standard InChI is InChI=1S/C18H35O10P/c1-2-3-4-5-6-7-8-9-10-11-12-26-29(25,27-17(23)15(21)13-19)28-18(24)16(22)14-20/h15-16,19-22H,2-14H2,1H3. The van der Waals surface area contributed by atoms with Crippen molar-refractivity contribution in [2.24, 2.45) is 0 Å². The van der Waals surface area contributed by atoms with Crippen LogP contribution in [0.4, 0.5) is 0 Å². The lowest BCUT2D eigenvalue weighted by atomic mass is 10.1. The van der Waals surface area contributed by atoms with Gasteiger partial charge in [0.05, 0.1) is 19.8 Å². The van der Waals surface area contributed by atoms with Crippen LogP contribution >= 0.6 is 7.82 Å². The van der Waals surface area contributed by atoms with Crippen LogP contribution in [-0.2, 0) is 27.7 Å². The van der Waals surface area contributed by atoms with Crippen molar-refractivity contribution in [1.29, 1.82) is 0 Å². The number of rotatable bonds is 18. The Bertz CT molecular complexity index is 471. The zero-order valence-electron chi connectivity index (χ0n) is 17.0. The number of carbonyl (C=O) groups is 2. The van der Waals surface area contributed by atoms with Gasteiger partial charge in [0.15, 0.2) is 12.2 Å². The molecule has 0 rings (SSSR count). The van der Waals surface area contributed by atoms with E-state index >= 15 is 0 Å². The van der Waals surface area contributed by atoms with E-state index in [9.17, 15) is 24.4 Å². The number of phosphoric acid groups is 1. The van der Waals surface area contributed by atoms with E-state index in [2.05, 4.69) is 16.0 Å². The molecule has 11 heteroatoms. The minimum atomic E-state index is -4.78.